The lowest BCUT2D eigenvalue weighted by molar-refractivity contribution is -0.143. The number of carbonyl (C=O) groups is 1. The third kappa shape index (κ3) is 3.09. The Morgan fingerprint density at radius 3 is 2.21 bits per heavy atom. The highest BCUT2D eigenvalue weighted by Crippen LogP contribution is 2.32. The van der Waals surface area contributed by atoms with Gasteiger partial charge in [-0.15, -0.1) is 0 Å². The van der Waals surface area contributed by atoms with Crippen LogP contribution < -0.4 is 5.32 Å². The minimum absolute atomic E-state index is 0.497. The normalized spacial score (nSPS) is 18.3. The molecule has 0 heterocycles. The highest BCUT2D eigenvalue weighted by Gasteiger charge is 2.39. The SMILES string of the molecule is CC(C)c1ccc(NC2(C(=O)O)CCCCC2)cc1. The number of rotatable bonds is 4. The number of nitrogens with one attached hydrogen (secondary N) is 1. The lowest BCUT2D eigenvalue weighted by atomic mass is 9.81. The van der Waals surface area contributed by atoms with Crippen molar-refractivity contribution in [3.05, 3.63) is 29.8 Å². The Hall–Kier alpha value is -1.51. The molecule has 104 valence electrons. The zero-order valence-electron chi connectivity index (χ0n) is 11.8. The van der Waals surface area contributed by atoms with Crippen LogP contribution in [0.1, 0.15) is 57.4 Å². The van der Waals surface area contributed by atoms with Crippen LogP contribution in [0.4, 0.5) is 5.69 Å². The molecule has 0 unspecified atom stereocenters. The largest absolute Gasteiger partial charge is 0.480 e. The number of carboxylic acid groups (broad SMARTS) is 1. The number of carboxylic acids is 1. The van der Waals surface area contributed by atoms with Crippen molar-refractivity contribution in [3.63, 3.8) is 0 Å². The molecule has 1 aromatic carbocycles. The Morgan fingerprint density at radius 2 is 1.74 bits per heavy atom. The summed E-state index contributed by atoms with van der Waals surface area (Å²) < 4.78 is 0. The van der Waals surface area contributed by atoms with Crippen molar-refractivity contribution in [1.82, 2.24) is 0 Å². The molecule has 1 aromatic rings. The lowest BCUT2D eigenvalue weighted by Gasteiger charge is -2.35. The number of aliphatic carboxylic acids is 1. The smallest absolute Gasteiger partial charge is 0.329 e. The molecular formula is C16H23NO2. The van der Waals surface area contributed by atoms with E-state index in [9.17, 15) is 9.90 Å². The zero-order valence-corrected chi connectivity index (χ0v) is 11.8. The molecule has 0 amide bonds. The molecule has 2 N–H and O–H groups in total. The van der Waals surface area contributed by atoms with Gasteiger partial charge in [0.15, 0.2) is 0 Å². The molecule has 3 heteroatoms. The number of anilines is 1. The van der Waals surface area contributed by atoms with E-state index in [1.54, 1.807) is 0 Å². The molecule has 0 bridgehead atoms. The first kappa shape index (κ1) is 13.9. The van der Waals surface area contributed by atoms with Crippen LogP contribution in [0.2, 0.25) is 0 Å². The van der Waals surface area contributed by atoms with Gasteiger partial charge in [0.25, 0.3) is 0 Å². The van der Waals surface area contributed by atoms with Gasteiger partial charge in [0.05, 0.1) is 0 Å². The van der Waals surface area contributed by atoms with Crippen molar-refractivity contribution in [3.8, 4) is 0 Å². The number of hydrogen-bond acceptors (Lipinski definition) is 2. The molecule has 0 aromatic heterocycles. The first-order chi connectivity index (χ1) is 9.03. The van der Waals surface area contributed by atoms with Gasteiger partial charge < -0.3 is 10.4 Å². The van der Waals surface area contributed by atoms with Crippen molar-refractivity contribution in [2.75, 3.05) is 5.32 Å². The van der Waals surface area contributed by atoms with Gasteiger partial charge in [-0.3, -0.25) is 0 Å². The Morgan fingerprint density at radius 1 is 1.16 bits per heavy atom. The molecule has 1 fully saturated rings. The summed E-state index contributed by atoms with van der Waals surface area (Å²) in [6, 6.07) is 8.14. The van der Waals surface area contributed by atoms with E-state index in [-0.39, 0.29) is 0 Å². The molecule has 0 aliphatic heterocycles. The van der Waals surface area contributed by atoms with Gasteiger partial charge in [-0.25, -0.2) is 4.79 Å². The van der Waals surface area contributed by atoms with Crippen molar-refractivity contribution >= 4 is 11.7 Å². The van der Waals surface area contributed by atoms with Crippen LogP contribution in [0, 0.1) is 0 Å². The van der Waals surface area contributed by atoms with Crippen LogP contribution in [0.15, 0.2) is 24.3 Å². The molecule has 1 aliphatic carbocycles. The van der Waals surface area contributed by atoms with Gasteiger partial charge in [-0.05, 0) is 36.5 Å². The molecule has 3 nitrogen and oxygen atoms in total. The molecule has 0 saturated heterocycles. The van der Waals surface area contributed by atoms with Crippen LogP contribution >= 0.6 is 0 Å². The Bertz CT molecular complexity index is 431. The van der Waals surface area contributed by atoms with Gasteiger partial charge in [-0.2, -0.15) is 0 Å². The van der Waals surface area contributed by atoms with Crippen LogP contribution in [0.5, 0.6) is 0 Å². The second-order valence-electron chi connectivity index (χ2n) is 5.85. The summed E-state index contributed by atoms with van der Waals surface area (Å²) in [6.45, 7) is 4.31. The third-order valence-electron chi connectivity index (χ3n) is 4.08. The predicted molar refractivity (Wildman–Crippen MR) is 77.6 cm³/mol. The summed E-state index contributed by atoms with van der Waals surface area (Å²) in [4.78, 5) is 11.6. The minimum atomic E-state index is -0.766. The van der Waals surface area contributed by atoms with Gasteiger partial charge in [0, 0.05) is 5.69 Å². The molecule has 1 saturated carbocycles. The Labute approximate surface area is 115 Å². The first-order valence-corrected chi connectivity index (χ1v) is 7.15. The van der Waals surface area contributed by atoms with E-state index >= 15 is 0 Å². The second kappa shape index (κ2) is 5.64. The van der Waals surface area contributed by atoms with Crippen molar-refractivity contribution in [1.29, 1.82) is 0 Å². The highest BCUT2D eigenvalue weighted by atomic mass is 16.4. The molecule has 0 atom stereocenters. The first-order valence-electron chi connectivity index (χ1n) is 7.15. The van der Waals surface area contributed by atoms with Gasteiger partial charge in [-0.1, -0.05) is 45.2 Å². The number of benzene rings is 1. The van der Waals surface area contributed by atoms with Gasteiger partial charge in [0.1, 0.15) is 5.54 Å². The summed E-state index contributed by atoms with van der Waals surface area (Å²) in [6.07, 6.45) is 4.55. The maximum Gasteiger partial charge on any atom is 0.329 e. The van der Waals surface area contributed by atoms with E-state index in [4.69, 9.17) is 0 Å². The predicted octanol–water partition coefficient (Wildman–Crippen LogP) is 4.01. The maximum atomic E-state index is 11.6. The van der Waals surface area contributed by atoms with Crippen molar-refractivity contribution in [2.45, 2.75) is 57.4 Å². The molecular weight excluding hydrogens is 238 g/mol. The van der Waals surface area contributed by atoms with Gasteiger partial charge in [0.2, 0.25) is 0 Å². The number of hydrogen-bond donors (Lipinski definition) is 2. The van der Waals surface area contributed by atoms with E-state index in [2.05, 4.69) is 31.3 Å². The third-order valence-corrected chi connectivity index (χ3v) is 4.08. The summed E-state index contributed by atoms with van der Waals surface area (Å²) in [5.74, 6) is -0.225. The molecule has 2 rings (SSSR count). The van der Waals surface area contributed by atoms with Crippen LogP contribution in [0.3, 0.4) is 0 Å². The van der Waals surface area contributed by atoms with Crippen LogP contribution in [-0.2, 0) is 4.79 Å². The molecule has 19 heavy (non-hydrogen) atoms. The Kier molecular flexibility index (Phi) is 4.13. The van der Waals surface area contributed by atoms with E-state index in [0.29, 0.717) is 18.8 Å². The fourth-order valence-electron chi connectivity index (χ4n) is 2.78. The molecule has 1 aliphatic rings. The quantitative estimate of drug-likeness (QED) is 0.861. The summed E-state index contributed by atoms with van der Waals surface area (Å²) in [5.41, 5.74) is 1.42. The summed E-state index contributed by atoms with van der Waals surface area (Å²) in [7, 11) is 0. The summed E-state index contributed by atoms with van der Waals surface area (Å²) in [5, 5.41) is 12.8. The topological polar surface area (TPSA) is 49.3 Å². The monoisotopic (exact) mass is 261 g/mol. The highest BCUT2D eigenvalue weighted by molar-refractivity contribution is 5.83. The average Bonchev–Trinajstić information content (AvgIpc) is 2.40. The lowest BCUT2D eigenvalue weighted by Crippen LogP contribution is -2.47. The minimum Gasteiger partial charge on any atom is -0.480 e. The maximum absolute atomic E-state index is 11.6. The average molecular weight is 261 g/mol. The van der Waals surface area contributed by atoms with Crippen molar-refractivity contribution in [2.24, 2.45) is 0 Å². The summed E-state index contributed by atoms with van der Waals surface area (Å²) >= 11 is 0. The molecule has 0 spiro atoms. The van der Waals surface area contributed by atoms with E-state index in [0.717, 1.165) is 24.9 Å². The second-order valence-corrected chi connectivity index (χ2v) is 5.85. The Balaban J connectivity index is 2.15. The molecule has 0 radical (unpaired) electrons. The van der Waals surface area contributed by atoms with E-state index in [1.165, 1.54) is 5.56 Å². The standard InChI is InChI=1S/C16H23NO2/c1-12(2)13-6-8-14(9-7-13)17-16(15(18)19)10-4-3-5-11-16/h6-9,12,17H,3-5,10-11H2,1-2H3,(H,18,19). The van der Waals surface area contributed by atoms with Crippen molar-refractivity contribution < 1.29 is 9.90 Å². The fraction of sp³-hybridized carbons (Fsp3) is 0.562. The van der Waals surface area contributed by atoms with Crippen LogP contribution in [0.25, 0.3) is 0 Å². The van der Waals surface area contributed by atoms with E-state index < -0.39 is 11.5 Å². The van der Waals surface area contributed by atoms with Crippen LogP contribution in [-0.4, -0.2) is 16.6 Å². The van der Waals surface area contributed by atoms with Gasteiger partial charge >= 0.3 is 5.97 Å². The van der Waals surface area contributed by atoms with E-state index in [1.807, 2.05) is 12.1 Å². The fourth-order valence-corrected chi connectivity index (χ4v) is 2.78. The zero-order chi connectivity index (χ0) is 13.9.